The first-order chi connectivity index (χ1) is 6.07. The van der Waals surface area contributed by atoms with Gasteiger partial charge < -0.3 is 5.11 Å². The molecular weight excluding hydrogens is 164 g/mol. The smallest absolute Gasteiger partial charge is 0.136 e. The fraction of sp³-hybridized carbons (Fsp3) is 0.727. The van der Waals surface area contributed by atoms with E-state index < -0.39 is 0 Å². The molecule has 0 amide bonds. The van der Waals surface area contributed by atoms with Crippen molar-refractivity contribution in [1.29, 1.82) is 0 Å². The number of Topliss-reactive ketones (excluding diaryl/α,β-unsaturated/α-hetero) is 1. The molecule has 0 rings (SSSR count). The first-order valence-electron chi connectivity index (χ1n) is 4.83. The summed E-state index contributed by atoms with van der Waals surface area (Å²) in [5.41, 5.74) is 2.41. The van der Waals surface area contributed by atoms with Crippen LogP contribution in [0.1, 0.15) is 46.5 Å². The fourth-order valence-corrected chi connectivity index (χ4v) is 0.995. The molecule has 76 valence electrons. The third-order valence-electron chi connectivity index (χ3n) is 2.18. The van der Waals surface area contributed by atoms with Crippen LogP contribution in [-0.4, -0.2) is 17.5 Å². The SMILES string of the molecule is CC(C)=C(C)CC(=O)CCCCO. The van der Waals surface area contributed by atoms with Crippen molar-refractivity contribution in [3.8, 4) is 0 Å². The molecule has 0 atom stereocenters. The van der Waals surface area contributed by atoms with Gasteiger partial charge >= 0.3 is 0 Å². The lowest BCUT2D eigenvalue weighted by atomic mass is 10.0. The first kappa shape index (κ1) is 12.4. The fourth-order valence-electron chi connectivity index (χ4n) is 0.995. The van der Waals surface area contributed by atoms with Gasteiger partial charge in [-0.3, -0.25) is 4.79 Å². The van der Waals surface area contributed by atoms with Gasteiger partial charge in [-0.1, -0.05) is 11.1 Å². The second-order valence-corrected chi connectivity index (χ2v) is 3.68. The quantitative estimate of drug-likeness (QED) is 0.508. The molecule has 0 spiro atoms. The van der Waals surface area contributed by atoms with Crippen LogP contribution in [0.4, 0.5) is 0 Å². The predicted octanol–water partition coefficient (Wildman–Crippen LogP) is 2.46. The van der Waals surface area contributed by atoms with Gasteiger partial charge in [-0.15, -0.1) is 0 Å². The van der Waals surface area contributed by atoms with Crippen LogP contribution in [-0.2, 0) is 4.79 Å². The van der Waals surface area contributed by atoms with Crippen molar-refractivity contribution < 1.29 is 9.90 Å². The Bertz CT molecular complexity index is 188. The van der Waals surface area contributed by atoms with E-state index >= 15 is 0 Å². The minimum atomic E-state index is 0.189. The van der Waals surface area contributed by atoms with E-state index in [0.29, 0.717) is 12.8 Å². The van der Waals surface area contributed by atoms with Crippen LogP contribution in [0.3, 0.4) is 0 Å². The van der Waals surface area contributed by atoms with Gasteiger partial charge in [0.2, 0.25) is 0 Å². The maximum absolute atomic E-state index is 11.3. The molecule has 0 fully saturated rings. The van der Waals surface area contributed by atoms with E-state index in [1.807, 2.05) is 20.8 Å². The van der Waals surface area contributed by atoms with Gasteiger partial charge in [0.25, 0.3) is 0 Å². The molecule has 2 nitrogen and oxygen atoms in total. The van der Waals surface area contributed by atoms with Gasteiger partial charge in [0.05, 0.1) is 0 Å². The van der Waals surface area contributed by atoms with Crippen LogP contribution in [0.25, 0.3) is 0 Å². The van der Waals surface area contributed by atoms with Gasteiger partial charge in [0, 0.05) is 19.4 Å². The third-order valence-corrected chi connectivity index (χ3v) is 2.18. The summed E-state index contributed by atoms with van der Waals surface area (Å²) in [7, 11) is 0. The lowest BCUT2D eigenvalue weighted by molar-refractivity contribution is -0.118. The monoisotopic (exact) mass is 184 g/mol. The molecule has 0 saturated carbocycles. The van der Waals surface area contributed by atoms with E-state index in [-0.39, 0.29) is 12.4 Å². The van der Waals surface area contributed by atoms with Gasteiger partial charge in [0.15, 0.2) is 0 Å². The number of rotatable bonds is 6. The van der Waals surface area contributed by atoms with Gasteiger partial charge in [-0.25, -0.2) is 0 Å². The summed E-state index contributed by atoms with van der Waals surface area (Å²) in [6.07, 6.45) is 2.73. The van der Waals surface area contributed by atoms with E-state index in [4.69, 9.17) is 5.11 Å². The third kappa shape index (κ3) is 6.52. The number of hydrogen-bond acceptors (Lipinski definition) is 2. The van der Waals surface area contributed by atoms with E-state index in [1.165, 1.54) is 11.1 Å². The van der Waals surface area contributed by atoms with Gasteiger partial charge in [-0.2, -0.15) is 0 Å². The Morgan fingerprint density at radius 3 is 2.23 bits per heavy atom. The summed E-state index contributed by atoms with van der Waals surface area (Å²) in [6, 6.07) is 0. The molecule has 0 aliphatic heterocycles. The van der Waals surface area contributed by atoms with Crippen LogP contribution >= 0.6 is 0 Å². The topological polar surface area (TPSA) is 37.3 Å². The molecule has 0 aromatic rings. The normalized spacial score (nSPS) is 9.85. The molecule has 1 N–H and O–H groups in total. The summed E-state index contributed by atoms with van der Waals surface area (Å²) < 4.78 is 0. The number of unbranched alkanes of at least 4 members (excludes halogenated alkanes) is 1. The number of carbonyl (C=O) groups is 1. The van der Waals surface area contributed by atoms with Crippen molar-refractivity contribution >= 4 is 5.78 Å². The summed E-state index contributed by atoms with van der Waals surface area (Å²) >= 11 is 0. The summed E-state index contributed by atoms with van der Waals surface area (Å²) in [4.78, 5) is 11.3. The Kier molecular flexibility index (Phi) is 6.51. The number of aliphatic hydroxyl groups excluding tert-OH is 1. The molecule has 2 heteroatoms. The summed E-state index contributed by atoms with van der Waals surface area (Å²) in [5, 5.41) is 8.53. The molecular formula is C11H20O2. The molecule has 0 aliphatic rings. The minimum Gasteiger partial charge on any atom is -0.396 e. The molecule has 0 aliphatic carbocycles. The van der Waals surface area contributed by atoms with E-state index in [9.17, 15) is 4.79 Å². The Labute approximate surface area is 80.7 Å². The standard InChI is InChI=1S/C11H20O2/c1-9(2)10(3)8-11(13)6-4-5-7-12/h12H,4-8H2,1-3H3. The highest BCUT2D eigenvalue weighted by Crippen LogP contribution is 2.10. The molecule has 0 saturated heterocycles. The maximum atomic E-state index is 11.3. The molecule has 0 radical (unpaired) electrons. The Balaban J connectivity index is 3.69. The van der Waals surface area contributed by atoms with Gasteiger partial charge in [0.1, 0.15) is 5.78 Å². The van der Waals surface area contributed by atoms with Crippen LogP contribution in [0, 0.1) is 0 Å². The van der Waals surface area contributed by atoms with Crippen molar-refractivity contribution in [1.82, 2.24) is 0 Å². The van der Waals surface area contributed by atoms with Crippen molar-refractivity contribution in [2.24, 2.45) is 0 Å². The molecule has 13 heavy (non-hydrogen) atoms. The average molecular weight is 184 g/mol. The second kappa shape index (κ2) is 6.84. The van der Waals surface area contributed by atoms with Crippen LogP contribution < -0.4 is 0 Å². The number of hydrogen-bond donors (Lipinski definition) is 1. The number of ketones is 1. The van der Waals surface area contributed by atoms with E-state index in [0.717, 1.165) is 12.8 Å². The second-order valence-electron chi connectivity index (χ2n) is 3.68. The van der Waals surface area contributed by atoms with E-state index in [1.54, 1.807) is 0 Å². The maximum Gasteiger partial charge on any atom is 0.136 e. The molecule has 0 unspecified atom stereocenters. The first-order valence-corrected chi connectivity index (χ1v) is 4.83. The Hall–Kier alpha value is -0.630. The lowest BCUT2D eigenvalue weighted by Gasteiger charge is -2.02. The number of aliphatic hydroxyl groups is 1. The highest BCUT2D eigenvalue weighted by molar-refractivity contribution is 5.80. The van der Waals surface area contributed by atoms with Crippen molar-refractivity contribution in [2.45, 2.75) is 46.5 Å². The Morgan fingerprint density at radius 1 is 1.15 bits per heavy atom. The number of allylic oxidation sites excluding steroid dienone is 2. The van der Waals surface area contributed by atoms with Gasteiger partial charge in [-0.05, 0) is 33.6 Å². The minimum absolute atomic E-state index is 0.189. The largest absolute Gasteiger partial charge is 0.396 e. The zero-order valence-electron chi connectivity index (χ0n) is 8.89. The lowest BCUT2D eigenvalue weighted by Crippen LogP contribution is -1.99. The molecule has 0 aromatic heterocycles. The Morgan fingerprint density at radius 2 is 1.77 bits per heavy atom. The highest BCUT2D eigenvalue weighted by atomic mass is 16.2. The van der Waals surface area contributed by atoms with E-state index in [2.05, 4.69) is 0 Å². The molecule has 0 aromatic carbocycles. The van der Waals surface area contributed by atoms with Crippen LogP contribution in [0.5, 0.6) is 0 Å². The predicted molar refractivity (Wildman–Crippen MR) is 54.6 cm³/mol. The summed E-state index contributed by atoms with van der Waals surface area (Å²) in [6.45, 7) is 6.24. The van der Waals surface area contributed by atoms with Crippen molar-refractivity contribution in [2.75, 3.05) is 6.61 Å². The highest BCUT2D eigenvalue weighted by Gasteiger charge is 2.03. The number of carbonyl (C=O) groups excluding carboxylic acids is 1. The average Bonchev–Trinajstić information content (AvgIpc) is 2.04. The van der Waals surface area contributed by atoms with Crippen LogP contribution in [0.2, 0.25) is 0 Å². The van der Waals surface area contributed by atoms with Crippen molar-refractivity contribution in [3.05, 3.63) is 11.1 Å². The molecule has 0 bridgehead atoms. The molecule has 0 heterocycles. The summed E-state index contributed by atoms with van der Waals surface area (Å²) in [5.74, 6) is 0.284. The zero-order valence-corrected chi connectivity index (χ0v) is 8.89. The zero-order chi connectivity index (χ0) is 10.3. The van der Waals surface area contributed by atoms with Crippen LogP contribution in [0.15, 0.2) is 11.1 Å². The van der Waals surface area contributed by atoms with Crippen molar-refractivity contribution in [3.63, 3.8) is 0 Å².